The van der Waals surface area contributed by atoms with Gasteiger partial charge in [-0.25, -0.2) is 8.42 Å². The Morgan fingerprint density at radius 2 is 1.90 bits per heavy atom. The first-order valence-corrected chi connectivity index (χ1v) is 9.60. The van der Waals surface area contributed by atoms with E-state index in [1.165, 1.54) is 16.3 Å². The van der Waals surface area contributed by atoms with E-state index >= 15 is 0 Å². The van der Waals surface area contributed by atoms with Gasteiger partial charge in [-0.15, -0.1) is 0 Å². The highest BCUT2D eigenvalue weighted by Crippen LogP contribution is 2.30. The van der Waals surface area contributed by atoms with Crippen LogP contribution in [0.1, 0.15) is 12.0 Å². The summed E-state index contributed by atoms with van der Waals surface area (Å²) in [5, 5.41) is 2.50. The molecule has 1 saturated heterocycles. The quantitative estimate of drug-likeness (QED) is 0.791. The molecule has 3 rings (SSSR count). The van der Waals surface area contributed by atoms with Crippen LogP contribution in [0, 0.1) is 5.92 Å². The van der Waals surface area contributed by atoms with Crippen LogP contribution in [0.2, 0.25) is 0 Å². The zero-order chi connectivity index (χ0) is 14.2. The molecule has 0 aromatic heterocycles. The zero-order valence-corrected chi connectivity index (χ0v) is 13.5. The Hall–Kier alpha value is -0.870. The summed E-state index contributed by atoms with van der Waals surface area (Å²) in [5.41, 5.74) is 1.29. The van der Waals surface area contributed by atoms with Gasteiger partial charge in [0.1, 0.15) is 0 Å². The molecule has 0 bridgehead atoms. The van der Waals surface area contributed by atoms with E-state index in [0.29, 0.717) is 11.5 Å². The van der Waals surface area contributed by atoms with Gasteiger partial charge in [0.25, 0.3) is 0 Å². The van der Waals surface area contributed by atoms with Gasteiger partial charge in [0.05, 0.1) is 11.5 Å². The van der Waals surface area contributed by atoms with Crippen molar-refractivity contribution < 1.29 is 8.42 Å². The second kappa shape index (κ2) is 5.49. The standard InChI is InChI=1S/C16H17BrO2S/c17-16(14-8-9-20(18,19)11-14)10-13-6-3-5-12-4-1-2-7-15(12)13/h1-7,14,16H,8-11H2. The molecule has 2 unspecified atom stereocenters. The molecule has 1 aliphatic heterocycles. The van der Waals surface area contributed by atoms with Crippen molar-refractivity contribution in [3.63, 3.8) is 0 Å². The van der Waals surface area contributed by atoms with Crippen molar-refractivity contribution in [2.24, 2.45) is 5.92 Å². The van der Waals surface area contributed by atoms with Gasteiger partial charge in [-0.2, -0.15) is 0 Å². The van der Waals surface area contributed by atoms with E-state index in [1.54, 1.807) is 0 Å². The van der Waals surface area contributed by atoms with Crippen LogP contribution in [0.25, 0.3) is 10.8 Å². The Bertz CT molecular complexity index is 719. The van der Waals surface area contributed by atoms with Crippen LogP contribution in [0.5, 0.6) is 0 Å². The van der Waals surface area contributed by atoms with Crippen molar-refractivity contribution in [1.82, 2.24) is 0 Å². The van der Waals surface area contributed by atoms with Gasteiger partial charge in [0.15, 0.2) is 9.84 Å². The summed E-state index contributed by atoms with van der Waals surface area (Å²) in [5.74, 6) is 0.905. The molecule has 106 valence electrons. The summed E-state index contributed by atoms with van der Waals surface area (Å²) in [6.45, 7) is 0. The van der Waals surface area contributed by atoms with Crippen LogP contribution in [0.4, 0.5) is 0 Å². The molecule has 20 heavy (non-hydrogen) atoms. The third kappa shape index (κ3) is 2.91. The van der Waals surface area contributed by atoms with Crippen molar-refractivity contribution >= 4 is 36.5 Å². The number of benzene rings is 2. The van der Waals surface area contributed by atoms with Crippen LogP contribution < -0.4 is 0 Å². The fourth-order valence-electron chi connectivity index (χ4n) is 2.96. The fraction of sp³-hybridized carbons (Fsp3) is 0.375. The smallest absolute Gasteiger partial charge is 0.150 e. The predicted octanol–water partition coefficient (Wildman–Crippen LogP) is 3.58. The molecule has 0 amide bonds. The minimum absolute atomic E-state index is 0.227. The molecule has 1 heterocycles. The van der Waals surface area contributed by atoms with Gasteiger partial charge in [-0.3, -0.25) is 0 Å². The minimum atomic E-state index is -2.81. The first kappa shape index (κ1) is 14.1. The van der Waals surface area contributed by atoms with E-state index in [-0.39, 0.29) is 10.7 Å². The molecule has 0 radical (unpaired) electrons. The monoisotopic (exact) mass is 352 g/mol. The van der Waals surface area contributed by atoms with Crippen LogP contribution in [0.15, 0.2) is 42.5 Å². The molecular weight excluding hydrogens is 336 g/mol. The molecule has 4 heteroatoms. The van der Waals surface area contributed by atoms with E-state index < -0.39 is 9.84 Å². The average molecular weight is 353 g/mol. The van der Waals surface area contributed by atoms with Gasteiger partial charge in [0.2, 0.25) is 0 Å². The largest absolute Gasteiger partial charge is 0.229 e. The Labute approximate surface area is 128 Å². The molecule has 0 aliphatic carbocycles. The van der Waals surface area contributed by atoms with E-state index in [1.807, 2.05) is 6.07 Å². The summed E-state index contributed by atoms with van der Waals surface area (Å²) in [4.78, 5) is 0.227. The predicted molar refractivity (Wildman–Crippen MR) is 87.1 cm³/mol. The second-order valence-electron chi connectivity index (χ2n) is 5.52. The highest BCUT2D eigenvalue weighted by atomic mass is 79.9. The van der Waals surface area contributed by atoms with Crippen LogP contribution >= 0.6 is 15.9 Å². The Balaban J connectivity index is 1.83. The molecule has 0 N–H and O–H groups in total. The number of rotatable bonds is 3. The summed E-state index contributed by atoms with van der Waals surface area (Å²) in [6, 6.07) is 14.7. The van der Waals surface area contributed by atoms with Crippen molar-refractivity contribution in [3.05, 3.63) is 48.0 Å². The van der Waals surface area contributed by atoms with Crippen molar-refractivity contribution in [1.29, 1.82) is 0 Å². The van der Waals surface area contributed by atoms with Crippen LogP contribution in [-0.2, 0) is 16.3 Å². The lowest BCUT2D eigenvalue weighted by atomic mass is 9.95. The van der Waals surface area contributed by atoms with Gasteiger partial charge < -0.3 is 0 Å². The Morgan fingerprint density at radius 3 is 2.65 bits per heavy atom. The number of fused-ring (bicyclic) bond motifs is 1. The van der Waals surface area contributed by atoms with Crippen LogP contribution in [0.3, 0.4) is 0 Å². The van der Waals surface area contributed by atoms with Gasteiger partial charge in [-0.1, -0.05) is 58.4 Å². The summed E-state index contributed by atoms with van der Waals surface area (Å²) in [6.07, 6.45) is 1.66. The number of alkyl halides is 1. The molecule has 1 fully saturated rings. The molecule has 0 saturated carbocycles. The topological polar surface area (TPSA) is 34.1 Å². The number of sulfone groups is 1. The first-order valence-electron chi connectivity index (χ1n) is 6.86. The van der Waals surface area contributed by atoms with Crippen molar-refractivity contribution in [3.8, 4) is 0 Å². The number of halogens is 1. The highest BCUT2D eigenvalue weighted by molar-refractivity contribution is 9.09. The molecule has 2 atom stereocenters. The molecule has 2 aromatic rings. The van der Waals surface area contributed by atoms with Crippen molar-refractivity contribution in [2.75, 3.05) is 11.5 Å². The summed E-state index contributed by atoms with van der Waals surface area (Å²) in [7, 11) is -2.81. The van der Waals surface area contributed by atoms with E-state index in [4.69, 9.17) is 0 Å². The zero-order valence-electron chi connectivity index (χ0n) is 11.1. The molecule has 0 spiro atoms. The highest BCUT2D eigenvalue weighted by Gasteiger charge is 2.32. The SMILES string of the molecule is O=S1(=O)CCC(C(Br)Cc2cccc3ccccc23)C1. The van der Waals surface area contributed by atoms with Gasteiger partial charge in [-0.05, 0) is 35.1 Å². The summed E-state index contributed by atoms with van der Waals surface area (Å²) >= 11 is 3.71. The lowest BCUT2D eigenvalue weighted by Gasteiger charge is -2.17. The molecular formula is C16H17BrO2S. The normalized spacial score (nSPS) is 22.9. The Kier molecular flexibility index (Phi) is 3.87. The third-order valence-corrected chi connectivity index (χ3v) is 6.94. The summed E-state index contributed by atoms with van der Waals surface area (Å²) < 4.78 is 23.2. The van der Waals surface area contributed by atoms with E-state index in [0.717, 1.165) is 12.8 Å². The maximum Gasteiger partial charge on any atom is 0.150 e. The number of hydrogen-bond donors (Lipinski definition) is 0. The maximum absolute atomic E-state index is 11.6. The fourth-order valence-corrected chi connectivity index (χ4v) is 5.88. The second-order valence-corrected chi connectivity index (χ2v) is 8.93. The molecule has 2 aromatic carbocycles. The van der Waals surface area contributed by atoms with E-state index in [2.05, 4.69) is 52.3 Å². The number of hydrogen-bond acceptors (Lipinski definition) is 2. The minimum Gasteiger partial charge on any atom is -0.229 e. The first-order chi connectivity index (χ1) is 9.55. The van der Waals surface area contributed by atoms with E-state index in [9.17, 15) is 8.42 Å². The molecule has 1 aliphatic rings. The average Bonchev–Trinajstić information content (AvgIpc) is 2.80. The Morgan fingerprint density at radius 1 is 1.15 bits per heavy atom. The van der Waals surface area contributed by atoms with Crippen molar-refractivity contribution in [2.45, 2.75) is 17.7 Å². The van der Waals surface area contributed by atoms with Crippen LogP contribution in [-0.4, -0.2) is 24.8 Å². The maximum atomic E-state index is 11.6. The third-order valence-electron chi connectivity index (χ3n) is 4.07. The molecule has 2 nitrogen and oxygen atoms in total. The van der Waals surface area contributed by atoms with Gasteiger partial charge in [0, 0.05) is 4.83 Å². The lowest BCUT2D eigenvalue weighted by Crippen LogP contribution is -2.18. The lowest BCUT2D eigenvalue weighted by molar-refractivity contribution is 0.564. The van der Waals surface area contributed by atoms with Gasteiger partial charge >= 0.3 is 0 Å².